The second kappa shape index (κ2) is 8.78. The number of rotatable bonds is 3. The van der Waals surface area contributed by atoms with Crippen LogP contribution in [0.1, 0.15) is 20.3 Å². The summed E-state index contributed by atoms with van der Waals surface area (Å²) in [6.07, 6.45) is 0.425. The molecule has 0 atom stereocenters. The molecule has 1 aromatic carbocycles. The van der Waals surface area contributed by atoms with E-state index in [-0.39, 0.29) is 12.1 Å². The Kier molecular flexibility index (Phi) is 6.73. The first kappa shape index (κ1) is 18.4. The first-order chi connectivity index (χ1) is 11.5. The van der Waals surface area contributed by atoms with Gasteiger partial charge in [0.1, 0.15) is 0 Å². The summed E-state index contributed by atoms with van der Waals surface area (Å²) in [5.41, 5.74) is 0.696. The third kappa shape index (κ3) is 5.60. The topological polar surface area (TPSA) is 61.9 Å². The predicted octanol–water partition coefficient (Wildman–Crippen LogP) is 3.67. The minimum absolute atomic E-state index is 0.172. The minimum Gasteiger partial charge on any atom is -0.449 e. The highest BCUT2D eigenvalue weighted by Crippen LogP contribution is 2.14. The fourth-order valence-electron chi connectivity index (χ4n) is 2.37. The van der Waals surface area contributed by atoms with Crippen LogP contribution in [0.3, 0.4) is 0 Å². The molecular formula is C17H24ClN3O3. The lowest BCUT2D eigenvalue weighted by molar-refractivity contribution is 0.0934. The zero-order chi connectivity index (χ0) is 17.5. The Bertz CT molecular complexity index is 563. The van der Waals surface area contributed by atoms with Gasteiger partial charge in [-0.1, -0.05) is 25.4 Å². The number of halogens is 1. The molecule has 7 heteroatoms. The average Bonchev–Trinajstić information content (AvgIpc) is 2.81. The highest BCUT2D eigenvalue weighted by molar-refractivity contribution is 6.30. The van der Waals surface area contributed by atoms with E-state index >= 15 is 0 Å². The summed E-state index contributed by atoms with van der Waals surface area (Å²) in [5.74, 6) is 0.308. The average molecular weight is 354 g/mol. The van der Waals surface area contributed by atoms with Crippen LogP contribution in [0.5, 0.6) is 0 Å². The van der Waals surface area contributed by atoms with Crippen molar-refractivity contribution in [2.75, 3.05) is 38.1 Å². The van der Waals surface area contributed by atoms with E-state index in [4.69, 9.17) is 16.3 Å². The molecule has 1 aliphatic heterocycles. The van der Waals surface area contributed by atoms with Crippen molar-refractivity contribution in [3.63, 3.8) is 0 Å². The fraction of sp³-hybridized carbons (Fsp3) is 0.529. The molecule has 1 heterocycles. The third-order valence-corrected chi connectivity index (χ3v) is 3.93. The summed E-state index contributed by atoms with van der Waals surface area (Å²) in [7, 11) is 0. The summed E-state index contributed by atoms with van der Waals surface area (Å²) in [6.45, 7) is 6.57. The molecular weight excluding hydrogens is 330 g/mol. The molecule has 0 spiro atoms. The van der Waals surface area contributed by atoms with Crippen LogP contribution < -0.4 is 5.32 Å². The van der Waals surface area contributed by atoms with E-state index in [9.17, 15) is 9.59 Å². The van der Waals surface area contributed by atoms with Gasteiger partial charge < -0.3 is 19.9 Å². The van der Waals surface area contributed by atoms with Crippen molar-refractivity contribution < 1.29 is 14.3 Å². The number of anilines is 1. The maximum Gasteiger partial charge on any atom is 0.409 e. The molecule has 0 aliphatic carbocycles. The van der Waals surface area contributed by atoms with Gasteiger partial charge in [-0.3, -0.25) is 0 Å². The van der Waals surface area contributed by atoms with Crippen molar-refractivity contribution in [3.05, 3.63) is 29.3 Å². The molecule has 0 unspecified atom stereocenters. The quantitative estimate of drug-likeness (QED) is 0.901. The van der Waals surface area contributed by atoms with Crippen LogP contribution in [0.4, 0.5) is 15.3 Å². The van der Waals surface area contributed by atoms with Crippen LogP contribution >= 0.6 is 11.6 Å². The van der Waals surface area contributed by atoms with Crippen LogP contribution in [0.25, 0.3) is 0 Å². The number of nitrogens with zero attached hydrogens (tertiary/aromatic N) is 2. The van der Waals surface area contributed by atoms with Crippen LogP contribution in [-0.2, 0) is 4.74 Å². The van der Waals surface area contributed by atoms with Crippen molar-refractivity contribution >= 4 is 29.4 Å². The van der Waals surface area contributed by atoms with Crippen LogP contribution in [-0.4, -0.2) is 54.7 Å². The number of hydrogen-bond donors (Lipinski definition) is 1. The molecule has 1 N–H and O–H groups in total. The van der Waals surface area contributed by atoms with E-state index in [2.05, 4.69) is 5.32 Å². The number of ether oxygens (including phenoxy) is 1. The number of amides is 3. The highest BCUT2D eigenvalue weighted by atomic mass is 35.5. The molecule has 0 radical (unpaired) electrons. The van der Waals surface area contributed by atoms with Gasteiger partial charge in [-0.25, -0.2) is 9.59 Å². The molecule has 3 amide bonds. The van der Waals surface area contributed by atoms with Gasteiger partial charge in [-0.05, 0) is 36.6 Å². The van der Waals surface area contributed by atoms with Crippen molar-refractivity contribution in [2.45, 2.75) is 20.3 Å². The first-order valence-corrected chi connectivity index (χ1v) is 8.56. The standard InChI is InChI=1S/C17H24ClN3O3/c1-13(2)12-24-17(23)21-9-3-8-20(10-11-21)16(22)19-15-6-4-14(18)5-7-15/h4-7,13H,3,8-12H2,1-2H3,(H,19,22). The SMILES string of the molecule is CC(C)COC(=O)N1CCCN(C(=O)Nc2ccc(Cl)cc2)CC1. The Balaban J connectivity index is 1.84. The predicted molar refractivity (Wildman–Crippen MR) is 94.4 cm³/mol. The van der Waals surface area contributed by atoms with E-state index in [0.29, 0.717) is 49.4 Å². The third-order valence-electron chi connectivity index (χ3n) is 3.68. The monoisotopic (exact) mass is 353 g/mol. The maximum atomic E-state index is 12.3. The van der Waals surface area contributed by atoms with Crippen molar-refractivity contribution in [1.82, 2.24) is 9.80 Å². The van der Waals surface area contributed by atoms with E-state index in [1.54, 1.807) is 34.1 Å². The molecule has 0 aromatic heterocycles. The Morgan fingerprint density at radius 2 is 1.75 bits per heavy atom. The highest BCUT2D eigenvalue weighted by Gasteiger charge is 2.23. The van der Waals surface area contributed by atoms with E-state index in [1.807, 2.05) is 13.8 Å². The summed E-state index contributed by atoms with van der Waals surface area (Å²) < 4.78 is 5.26. The van der Waals surface area contributed by atoms with E-state index < -0.39 is 0 Å². The molecule has 6 nitrogen and oxygen atoms in total. The van der Waals surface area contributed by atoms with Gasteiger partial charge in [-0.2, -0.15) is 0 Å². The number of hydrogen-bond acceptors (Lipinski definition) is 3. The number of carbonyl (C=O) groups is 2. The normalized spacial score (nSPS) is 15.2. The Labute approximate surface area is 147 Å². The Morgan fingerprint density at radius 3 is 2.42 bits per heavy atom. The summed E-state index contributed by atoms with van der Waals surface area (Å²) >= 11 is 5.84. The second-order valence-corrected chi connectivity index (χ2v) is 6.67. The lowest BCUT2D eigenvalue weighted by Gasteiger charge is -2.22. The maximum absolute atomic E-state index is 12.3. The Morgan fingerprint density at radius 1 is 1.12 bits per heavy atom. The lowest BCUT2D eigenvalue weighted by atomic mass is 10.2. The molecule has 1 saturated heterocycles. The van der Waals surface area contributed by atoms with E-state index in [1.165, 1.54) is 0 Å². The molecule has 24 heavy (non-hydrogen) atoms. The summed E-state index contributed by atoms with van der Waals surface area (Å²) in [6, 6.07) is 6.80. The van der Waals surface area contributed by atoms with Gasteiger partial charge in [-0.15, -0.1) is 0 Å². The van der Waals surface area contributed by atoms with Crippen LogP contribution in [0, 0.1) is 5.92 Å². The van der Waals surface area contributed by atoms with Crippen molar-refractivity contribution in [1.29, 1.82) is 0 Å². The van der Waals surface area contributed by atoms with Gasteiger partial charge in [0, 0.05) is 36.9 Å². The van der Waals surface area contributed by atoms with Gasteiger partial charge in [0.25, 0.3) is 0 Å². The lowest BCUT2D eigenvalue weighted by Crippen LogP contribution is -2.39. The number of benzene rings is 1. The van der Waals surface area contributed by atoms with E-state index in [0.717, 1.165) is 6.42 Å². The molecule has 1 aromatic rings. The largest absolute Gasteiger partial charge is 0.449 e. The van der Waals surface area contributed by atoms with Crippen LogP contribution in [0.2, 0.25) is 5.02 Å². The number of carbonyl (C=O) groups excluding carboxylic acids is 2. The van der Waals surface area contributed by atoms with Crippen LogP contribution in [0.15, 0.2) is 24.3 Å². The Hall–Kier alpha value is -1.95. The van der Waals surface area contributed by atoms with Gasteiger partial charge in [0.15, 0.2) is 0 Å². The molecule has 0 saturated carbocycles. The molecule has 0 bridgehead atoms. The van der Waals surface area contributed by atoms with Gasteiger partial charge in [0.2, 0.25) is 0 Å². The minimum atomic E-state index is -0.302. The fourth-order valence-corrected chi connectivity index (χ4v) is 2.49. The molecule has 2 rings (SSSR count). The van der Waals surface area contributed by atoms with Gasteiger partial charge in [0.05, 0.1) is 6.61 Å². The first-order valence-electron chi connectivity index (χ1n) is 8.19. The molecule has 1 fully saturated rings. The van der Waals surface area contributed by atoms with Gasteiger partial charge >= 0.3 is 12.1 Å². The van der Waals surface area contributed by atoms with Crippen molar-refractivity contribution in [3.8, 4) is 0 Å². The number of nitrogens with one attached hydrogen (secondary N) is 1. The smallest absolute Gasteiger partial charge is 0.409 e. The molecule has 1 aliphatic rings. The second-order valence-electron chi connectivity index (χ2n) is 6.24. The zero-order valence-corrected chi connectivity index (χ0v) is 14.9. The summed E-state index contributed by atoms with van der Waals surface area (Å²) in [4.78, 5) is 27.7. The number of urea groups is 1. The molecule has 132 valence electrons. The summed E-state index contributed by atoms with van der Waals surface area (Å²) in [5, 5.41) is 3.47. The van der Waals surface area contributed by atoms with Crippen molar-refractivity contribution in [2.24, 2.45) is 5.92 Å². The zero-order valence-electron chi connectivity index (χ0n) is 14.1.